The van der Waals surface area contributed by atoms with Gasteiger partial charge in [-0.25, -0.2) is 9.78 Å². The van der Waals surface area contributed by atoms with Crippen molar-refractivity contribution < 1.29 is 9.90 Å². The van der Waals surface area contributed by atoms with Gasteiger partial charge in [-0.15, -0.1) is 0 Å². The van der Waals surface area contributed by atoms with Crippen molar-refractivity contribution in [1.82, 2.24) is 9.38 Å². The number of aromatic carboxylic acids is 1. The molecule has 6 heteroatoms. The normalized spacial score (nSPS) is 10.9. The largest absolute Gasteiger partial charge is 0.476 e. The Balaban J connectivity index is 2.76. The highest BCUT2D eigenvalue weighted by atomic mass is 79.9. The van der Waals surface area contributed by atoms with E-state index in [0.717, 1.165) is 10.4 Å². The fourth-order valence-corrected chi connectivity index (χ4v) is 2.55. The summed E-state index contributed by atoms with van der Waals surface area (Å²) in [6, 6.07) is 5.42. The van der Waals surface area contributed by atoms with Gasteiger partial charge in [0.05, 0.1) is 15.9 Å². The average Bonchev–Trinajstić information content (AvgIpc) is 2.59. The lowest BCUT2D eigenvalue weighted by atomic mass is 10.3. The minimum Gasteiger partial charge on any atom is -0.476 e. The monoisotopic (exact) mass is 300 g/mol. The molecule has 0 atom stereocenters. The third-order valence-corrected chi connectivity index (χ3v) is 3.33. The topological polar surface area (TPSA) is 54.6 Å². The summed E-state index contributed by atoms with van der Waals surface area (Å²) in [5, 5.41) is 9.06. The molecule has 0 aromatic carbocycles. The molecular formula is C10H9BrN2O2S. The van der Waals surface area contributed by atoms with Crippen molar-refractivity contribution in [3.8, 4) is 0 Å². The number of hydrogen-bond acceptors (Lipinski definition) is 3. The van der Waals surface area contributed by atoms with Crippen molar-refractivity contribution in [1.29, 1.82) is 0 Å². The molecule has 0 fully saturated rings. The molecule has 0 saturated heterocycles. The van der Waals surface area contributed by atoms with Crippen LogP contribution in [0.5, 0.6) is 0 Å². The lowest BCUT2D eigenvalue weighted by Crippen LogP contribution is -1.97. The number of thioether (sulfide) groups is 1. The van der Waals surface area contributed by atoms with E-state index in [2.05, 4.69) is 20.9 Å². The molecule has 16 heavy (non-hydrogen) atoms. The van der Waals surface area contributed by atoms with Gasteiger partial charge in [-0.1, -0.05) is 6.07 Å². The summed E-state index contributed by atoms with van der Waals surface area (Å²) in [5.41, 5.74) is 0.719. The lowest BCUT2D eigenvalue weighted by molar-refractivity contribution is 0.0693. The molecule has 2 aromatic heterocycles. The number of carbonyl (C=O) groups is 1. The first-order valence-corrected chi connectivity index (χ1v) is 6.72. The second kappa shape index (κ2) is 4.47. The van der Waals surface area contributed by atoms with Crippen LogP contribution in [0.1, 0.15) is 16.3 Å². The highest BCUT2D eigenvalue weighted by molar-refractivity contribution is 9.10. The number of imidazole rings is 1. The molecule has 0 saturated carbocycles. The zero-order chi connectivity index (χ0) is 11.7. The molecule has 2 rings (SSSR count). The Morgan fingerprint density at radius 3 is 3.00 bits per heavy atom. The zero-order valence-electron chi connectivity index (χ0n) is 8.48. The first-order valence-electron chi connectivity index (χ1n) is 4.53. The van der Waals surface area contributed by atoms with Gasteiger partial charge < -0.3 is 5.11 Å². The maximum absolute atomic E-state index is 11.0. The van der Waals surface area contributed by atoms with E-state index in [1.54, 1.807) is 23.9 Å². The number of hydrogen-bond donors (Lipinski definition) is 1. The Morgan fingerprint density at radius 2 is 2.38 bits per heavy atom. The van der Waals surface area contributed by atoms with E-state index in [1.807, 2.05) is 16.7 Å². The van der Waals surface area contributed by atoms with E-state index in [4.69, 9.17) is 5.11 Å². The SMILES string of the molecule is CSCc1nc(C(=O)O)c2cccc(Br)n12. The van der Waals surface area contributed by atoms with Crippen LogP contribution in [0.2, 0.25) is 0 Å². The van der Waals surface area contributed by atoms with Crippen molar-refractivity contribution in [3.05, 3.63) is 34.3 Å². The molecule has 0 aliphatic carbocycles. The predicted molar refractivity (Wildman–Crippen MR) is 67.1 cm³/mol. The number of pyridine rings is 1. The van der Waals surface area contributed by atoms with E-state index < -0.39 is 5.97 Å². The summed E-state index contributed by atoms with van der Waals surface area (Å²) < 4.78 is 2.63. The summed E-state index contributed by atoms with van der Waals surface area (Å²) >= 11 is 5.01. The Morgan fingerprint density at radius 1 is 1.62 bits per heavy atom. The molecule has 0 unspecified atom stereocenters. The Kier molecular flexibility index (Phi) is 3.20. The minimum atomic E-state index is -0.997. The number of carboxylic acid groups (broad SMARTS) is 1. The van der Waals surface area contributed by atoms with Crippen LogP contribution in [0.3, 0.4) is 0 Å². The van der Waals surface area contributed by atoms with Gasteiger partial charge >= 0.3 is 5.97 Å². The first kappa shape index (κ1) is 11.5. The second-order valence-corrected chi connectivity index (χ2v) is 4.86. The molecular weight excluding hydrogens is 292 g/mol. The van der Waals surface area contributed by atoms with Crippen LogP contribution in [-0.4, -0.2) is 26.7 Å². The fourth-order valence-electron chi connectivity index (χ4n) is 1.55. The molecule has 1 N–H and O–H groups in total. The summed E-state index contributed by atoms with van der Waals surface area (Å²) in [5.74, 6) is 0.423. The molecule has 0 amide bonds. The van der Waals surface area contributed by atoms with Crippen molar-refractivity contribution in [2.75, 3.05) is 6.26 Å². The van der Waals surface area contributed by atoms with E-state index in [-0.39, 0.29) is 5.69 Å². The summed E-state index contributed by atoms with van der Waals surface area (Å²) in [4.78, 5) is 15.2. The third-order valence-electron chi connectivity index (χ3n) is 2.16. The fraction of sp³-hybridized carbons (Fsp3) is 0.200. The number of halogens is 1. The molecule has 0 radical (unpaired) electrons. The molecule has 2 heterocycles. The van der Waals surface area contributed by atoms with Crippen molar-refractivity contribution in [2.24, 2.45) is 0 Å². The predicted octanol–water partition coefficient (Wildman–Crippen LogP) is 2.66. The van der Waals surface area contributed by atoms with Gasteiger partial charge in [-0.2, -0.15) is 11.8 Å². The van der Waals surface area contributed by atoms with Crippen LogP contribution < -0.4 is 0 Å². The smallest absolute Gasteiger partial charge is 0.356 e. The van der Waals surface area contributed by atoms with Gasteiger partial charge in [0.1, 0.15) is 5.82 Å². The van der Waals surface area contributed by atoms with E-state index in [1.165, 1.54) is 0 Å². The second-order valence-electron chi connectivity index (χ2n) is 3.18. The van der Waals surface area contributed by atoms with Crippen LogP contribution in [-0.2, 0) is 5.75 Å². The molecule has 0 aliphatic heterocycles. The number of carboxylic acids is 1. The van der Waals surface area contributed by atoms with Crippen LogP contribution in [0.15, 0.2) is 22.8 Å². The van der Waals surface area contributed by atoms with Crippen molar-refractivity contribution in [2.45, 2.75) is 5.75 Å². The number of nitrogens with zero attached hydrogens (tertiary/aromatic N) is 2. The van der Waals surface area contributed by atoms with E-state index in [0.29, 0.717) is 11.3 Å². The molecule has 0 bridgehead atoms. The van der Waals surface area contributed by atoms with Crippen LogP contribution in [0.25, 0.3) is 5.52 Å². The average molecular weight is 301 g/mol. The minimum absolute atomic E-state index is 0.102. The summed E-state index contributed by atoms with van der Waals surface area (Å²) in [6.45, 7) is 0. The quantitative estimate of drug-likeness (QED) is 0.886. The molecule has 4 nitrogen and oxygen atoms in total. The Bertz CT molecular complexity index is 553. The van der Waals surface area contributed by atoms with Gasteiger partial charge in [0.25, 0.3) is 0 Å². The van der Waals surface area contributed by atoms with E-state index in [9.17, 15) is 4.79 Å². The number of aromatic nitrogens is 2. The van der Waals surface area contributed by atoms with Gasteiger partial charge in [0.15, 0.2) is 5.69 Å². The van der Waals surface area contributed by atoms with Crippen LogP contribution in [0, 0.1) is 0 Å². The highest BCUT2D eigenvalue weighted by Crippen LogP contribution is 2.21. The standard InChI is InChI=1S/C10H9BrN2O2S/c1-16-5-8-12-9(10(14)15)6-3-2-4-7(11)13(6)8/h2-4H,5H2,1H3,(H,14,15). The third kappa shape index (κ3) is 1.82. The Labute approximate surface area is 105 Å². The Hall–Kier alpha value is -1.01. The maximum Gasteiger partial charge on any atom is 0.356 e. The van der Waals surface area contributed by atoms with Gasteiger partial charge in [-0.3, -0.25) is 4.40 Å². The van der Waals surface area contributed by atoms with Crippen molar-refractivity contribution >= 4 is 39.2 Å². The zero-order valence-corrected chi connectivity index (χ0v) is 10.9. The van der Waals surface area contributed by atoms with Crippen molar-refractivity contribution in [3.63, 3.8) is 0 Å². The van der Waals surface area contributed by atoms with E-state index >= 15 is 0 Å². The molecule has 0 aliphatic rings. The number of fused-ring (bicyclic) bond motifs is 1. The van der Waals surface area contributed by atoms with Gasteiger partial charge in [0.2, 0.25) is 0 Å². The highest BCUT2D eigenvalue weighted by Gasteiger charge is 2.17. The van der Waals surface area contributed by atoms with Crippen LogP contribution in [0.4, 0.5) is 0 Å². The van der Waals surface area contributed by atoms with Gasteiger partial charge in [0, 0.05) is 0 Å². The molecule has 0 spiro atoms. The summed E-state index contributed by atoms with van der Waals surface area (Å²) in [6.07, 6.45) is 1.96. The molecule has 84 valence electrons. The summed E-state index contributed by atoms with van der Waals surface area (Å²) in [7, 11) is 0. The lowest BCUT2D eigenvalue weighted by Gasteiger charge is -2.01. The molecule has 2 aromatic rings. The number of rotatable bonds is 3. The van der Waals surface area contributed by atoms with Crippen LogP contribution >= 0.6 is 27.7 Å². The first-order chi connectivity index (χ1) is 7.65. The maximum atomic E-state index is 11.0. The van der Waals surface area contributed by atoms with Gasteiger partial charge in [-0.05, 0) is 34.3 Å².